The Labute approximate surface area is 108 Å². The van der Waals surface area contributed by atoms with Crippen molar-refractivity contribution >= 4 is 16.7 Å². The predicted octanol–water partition coefficient (Wildman–Crippen LogP) is 2.39. The van der Waals surface area contributed by atoms with Crippen molar-refractivity contribution in [2.24, 2.45) is 4.99 Å². The van der Waals surface area contributed by atoms with Gasteiger partial charge in [0, 0.05) is 0 Å². The molecule has 4 nitrogen and oxygen atoms in total. The summed E-state index contributed by atoms with van der Waals surface area (Å²) in [5.74, 6) is 0. The van der Waals surface area contributed by atoms with Gasteiger partial charge >= 0.3 is 0 Å². The van der Waals surface area contributed by atoms with Crippen molar-refractivity contribution in [2.45, 2.75) is 18.7 Å². The molecule has 0 aliphatic carbocycles. The minimum atomic E-state index is -3.62. The van der Waals surface area contributed by atoms with Gasteiger partial charge in [0.25, 0.3) is 10.0 Å². The third-order valence-corrected chi connectivity index (χ3v) is 3.98. The van der Waals surface area contributed by atoms with Gasteiger partial charge < -0.3 is 0 Å². The predicted molar refractivity (Wildman–Crippen MR) is 73.9 cm³/mol. The summed E-state index contributed by atoms with van der Waals surface area (Å²) in [6.07, 6.45) is 1.40. The number of hydrogen-bond acceptors (Lipinski definition) is 3. The average molecular weight is 264 g/mol. The molecule has 0 aromatic heterocycles. The Morgan fingerprint density at radius 3 is 2.50 bits per heavy atom. The SMILES string of the molecule is C=C/C(NS(=O)(=O)c1ccccc1C)=C(/C)N=C. The first-order chi connectivity index (χ1) is 8.42. The van der Waals surface area contributed by atoms with Gasteiger partial charge in [0.15, 0.2) is 0 Å². The van der Waals surface area contributed by atoms with Crippen LogP contribution in [0.4, 0.5) is 0 Å². The molecule has 0 bridgehead atoms. The van der Waals surface area contributed by atoms with Crippen LogP contribution in [0.2, 0.25) is 0 Å². The molecular weight excluding hydrogens is 248 g/mol. The fraction of sp³-hybridized carbons (Fsp3) is 0.154. The maximum atomic E-state index is 12.2. The van der Waals surface area contributed by atoms with E-state index in [0.29, 0.717) is 17.0 Å². The van der Waals surface area contributed by atoms with E-state index < -0.39 is 10.0 Å². The molecule has 1 rings (SSSR count). The summed E-state index contributed by atoms with van der Waals surface area (Å²) in [4.78, 5) is 3.93. The first-order valence-corrected chi connectivity index (χ1v) is 6.79. The first kappa shape index (κ1) is 14.2. The van der Waals surface area contributed by atoms with Crippen LogP contribution in [0, 0.1) is 6.92 Å². The highest BCUT2D eigenvalue weighted by Crippen LogP contribution is 2.16. The molecule has 0 aliphatic rings. The Bertz CT molecular complexity index is 601. The van der Waals surface area contributed by atoms with Crippen molar-refractivity contribution < 1.29 is 8.42 Å². The Balaban J connectivity index is 3.22. The number of allylic oxidation sites excluding steroid dienone is 2. The maximum absolute atomic E-state index is 12.2. The van der Waals surface area contributed by atoms with Crippen molar-refractivity contribution in [3.63, 3.8) is 0 Å². The van der Waals surface area contributed by atoms with Crippen LogP contribution in [0.1, 0.15) is 12.5 Å². The fourth-order valence-electron chi connectivity index (χ4n) is 1.41. The molecule has 0 amide bonds. The second-order valence-corrected chi connectivity index (χ2v) is 5.38. The van der Waals surface area contributed by atoms with E-state index in [1.165, 1.54) is 6.08 Å². The topological polar surface area (TPSA) is 58.5 Å². The molecule has 0 heterocycles. The largest absolute Gasteiger partial charge is 0.278 e. The summed E-state index contributed by atoms with van der Waals surface area (Å²) in [5, 5.41) is 0. The monoisotopic (exact) mass is 264 g/mol. The highest BCUT2D eigenvalue weighted by atomic mass is 32.2. The second kappa shape index (κ2) is 5.64. The van der Waals surface area contributed by atoms with Crippen LogP contribution in [-0.2, 0) is 10.0 Å². The molecule has 0 atom stereocenters. The lowest BCUT2D eigenvalue weighted by atomic mass is 10.2. The molecule has 5 heteroatoms. The summed E-state index contributed by atoms with van der Waals surface area (Å²) in [6.45, 7) is 10.3. The van der Waals surface area contributed by atoms with Gasteiger partial charge in [-0.3, -0.25) is 9.71 Å². The van der Waals surface area contributed by atoms with Crippen LogP contribution in [-0.4, -0.2) is 15.1 Å². The summed E-state index contributed by atoms with van der Waals surface area (Å²) in [5.41, 5.74) is 1.48. The van der Waals surface area contributed by atoms with Gasteiger partial charge in [-0.2, -0.15) is 0 Å². The van der Waals surface area contributed by atoms with Crippen LogP contribution in [0.25, 0.3) is 0 Å². The van der Waals surface area contributed by atoms with Gasteiger partial charge in [0.2, 0.25) is 0 Å². The van der Waals surface area contributed by atoms with Gasteiger partial charge in [0.1, 0.15) is 0 Å². The van der Waals surface area contributed by atoms with E-state index in [0.717, 1.165) is 0 Å². The van der Waals surface area contributed by atoms with E-state index in [1.54, 1.807) is 38.1 Å². The second-order valence-electron chi connectivity index (χ2n) is 3.73. The number of nitrogens with zero attached hydrogens (tertiary/aromatic N) is 1. The van der Waals surface area contributed by atoms with Crippen LogP contribution in [0.15, 0.2) is 58.2 Å². The lowest BCUT2D eigenvalue weighted by Crippen LogP contribution is -2.23. The highest BCUT2D eigenvalue weighted by Gasteiger charge is 2.17. The number of rotatable bonds is 5. The third kappa shape index (κ3) is 3.07. The van der Waals surface area contributed by atoms with E-state index in [9.17, 15) is 8.42 Å². The van der Waals surface area contributed by atoms with E-state index in [-0.39, 0.29) is 4.90 Å². The number of sulfonamides is 1. The molecule has 1 aromatic rings. The van der Waals surface area contributed by atoms with Crippen molar-refractivity contribution in [1.29, 1.82) is 0 Å². The van der Waals surface area contributed by atoms with E-state index in [2.05, 4.69) is 23.0 Å². The molecule has 1 aromatic carbocycles. The minimum absolute atomic E-state index is 0.237. The number of aryl methyl sites for hydroxylation is 1. The van der Waals surface area contributed by atoms with E-state index >= 15 is 0 Å². The van der Waals surface area contributed by atoms with Gasteiger partial charge in [0.05, 0.1) is 16.3 Å². The average Bonchev–Trinajstić information content (AvgIpc) is 2.35. The lowest BCUT2D eigenvalue weighted by molar-refractivity contribution is 0.588. The molecule has 0 aliphatic heterocycles. The fourth-order valence-corrected chi connectivity index (χ4v) is 2.79. The van der Waals surface area contributed by atoms with Crippen LogP contribution >= 0.6 is 0 Å². The van der Waals surface area contributed by atoms with Crippen LogP contribution in [0.3, 0.4) is 0 Å². The highest BCUT2D eigenvalue weighted by molar-refractivity contribution is 7.89. The summed E-state index contributed by atoms with van der Waals surface area (Å²) < 4.78 is 26.8. The molecule has 0 spiro atoms. The minimum Gasteiger partial charge on any atom is -0.278 e. The Hall–Kier alpha value is -1.88. The van der Waals surface area contributed by atoms with Crippen molar-refractivity contribution in [3.05, 3.63) is 53.9 Å². The molecule has 96 valence electrons. The molecule has 0 saturated heterocycles. The Morgan fingerprint density at radius 2 is 2.00 bits per heavy atom. The van der Waals surface area contributed by atoms with Crippen LogP contribution in [0.5, 0.6) is 0 Å². The Kier molecular flexibility index (Phi) is 4.44. The molecule has 1 N–H and O–H groups in total. The summed E-state index contributed by atoms with van der Waals surface area (Å²) in [7, 11) is -3.62. The normalized spacial score (nSPS) is 12.6. The molecule has 18 heavy (non-hydrogen) atoms. The van der Waals surface area contributed by atoms with Gasteiger partial charge in [-0.1, -0.05) is 24.8 Å². The third-order valence-electron chi connectivity index (χ3n) is 2.46. The molecule has 0 fully saturated rings. The number of aliphatic imine (C=N–C) groups is 1. The van der Waals surface area contributed by atoms with Gasteiger partial charge in [-0.05, 0) is 38.3 Å². The van der Waals surface area contributed by atoms with Gasteiger partial charge in [-0.25, -0.2) is 8.42 Å². The zero-order chi connectivity index (χ0) is 13.8. The van der Waals surface area contributed by atoms with E-state index in [1.807, 2.05) is 0 Å². The Morgan fingerprint density at radius 1 is 1.39 bits per heavy atom. The van der Waals surface area contributed by atoms with Crippen molar-refractivity contribution in [1.82, 2.24) is 4.72 Å². The first-order valence-electron chi connectivity index (χ1n) is 5.31. The molecule has 0 radical (unpaired) electrons. The zero-order valence-corrected chi connectivity index (χ0v) is 11.3. The molecule has 0 saturated carbocycles. The summed E-state index contributed by atoms with van der Waals surface area (Å²) in [6, 6.07) is 6.76. The smallest absolute Gasteiger partial charge is 0.262 e. The van der Waals surface area contributed by atoms with Crippen molar-refractivity contribution in [3.8, 4) is 0 Å². The van der Waals surface area contributed by atoms with E-state index in [4.69, 9.17) is 0 Å². The zero-order valence-electron chi connectivity index (χ0n) is 10.5. The lowest BCUT2D eigenvalue weighted by Gasteiger charge is -2.11. The van der Waals surface area contributed by atoms with Crippen LogP contribution < -0.4 is 4.72 Å². The molecule has 0 unspecified atom stereocenters. The number of benzene rings is 1. The van der Waals surface area contributed by atoms with Gasteiger partial charge in [-0.15, -0.1) is 0 Å². The van der Waals surface area contributed by atoms with Crippen molar-refractivity contribution in [2.75, 3.05) is 0 Å². The quantitative estimate of drug-likeness (QED) is 0.655. The molecular formula is C13H16N2O2S. The summed E-state index contributed by atoms with van der Waals surface area (Å²) >= 11 is 0. The maximum Gasteiger partial charge on any atom is 0.262 e. The number of hydrogen-bond donors (Lipinski definition) is 1. The standard InChI is InChI=1S/C13H16N2O2S/c1-5-12(11(3)14-4)15-18(16,17)13-9-7-6-8-10(13)2/h5-9,15H,1,4H2,2-3H3/b12-11+. The number of nitrogens with one attached hydrogen (secondary N) is 1.